The van der Waals surface area contributed by atoms with Gasteiger partial charge in [0.05, 0.1) is 12.0 Å². The van der Waals surface area contributed by atoms with Crippen molar-refractivity contribution in [3.63, 3.8) is 0 Å². The van der Waals surface area contributed by atoms with Crippen LogP contribution in [0.25, 0.3) is 0 Å². The highest BCUT2D eigenvalue weighted by molar-refractivity contribution is 6.17. The lowest BCUT2D eigenvalue weighted by Gasteiger charge is -2.24. The monoisotopic (exact) mass is 283 g/mol. The zero-order chi connectivity index (χ0) is 14.1. The first-order valence-corrected chi connectivity index (χ1v) is 7.10. The third-order valence-corrected chi connectivity index (χ3v) is 3.19. The topological polar surface area (TPSA) is 38.3 Å². The fourth-order valence-corrected chi connectivity index (χ4v) is 1.85. The third kappa shape index (κ3) is 5.21. The number of alkyl halides is 1. The average Bonchev–Trinajstić information content (AvgIpc) is 2.43. The summed E-state index contributed by atoms with van der Waals surface area (Å²) >= 11 is 5.50. The van der Waals surface area contributed by atoms with Crippen LogP contribution in [0.1, 0.15) is 25.8 Å². The van der Waals surface area contributed by atoms with E-state index in [9.17, 15) is 4.79 Å². The molecule has 106 valence electrons. The number of rotatable bonds is 8. The largest absolute Gasteiger partial charge is 0.380 e. The molecule has 1 rings (SSSR count). The molecule has 0 aliphatic carbocycles. The van der Waals surface area contributed by atoms with Crippen molar-refractivity contribution in [3.05, 3.63) is 35.9 Å². The summed E-state index contributed by atoms with van der Waals surface area (Å²) in [5, 5.41) is 2.95. The SMILES string of the molecule is CC(C)(C(=O)NCCCOCCCl)c1ccccc1. The molecule has 0 aliphatic heterocycles. The van der Waals surface area contributed by atoms with Crippen molar-refractivity contribution >= 4 is 17.5 Å². The predicted molar refractivity (Wildman–Crippen MR) is 78.6 cm³/mol. The third-order valence-electron chi connectivity index (χ3n) is 3.04. The van der Waals surface area contributed by atoms with Gasteiger partial charge < -0.3 is 10.1 Å². The number of amides is 1. The molecular formula is C15H22ClNO2. The van der Waals surface area contributed by atoms with E-state index in [1.54, 1.807) is 0 Å². The van der Waals surface area contributed by atoms with Crippen LogP contribution in [0, 0.1) is 0 Å². The van der Waals surface area contributed by atoms with E-state index >= 15 is 0 Å². The highest BCUT2D eigenvalue weighted by atomic mass is 35.5. The number of hydrogen-bond donors (Lipinski definition) is 1. The van der Waals surface area contributed by atoms with E-state index in [0.29, 0.717) is 25.6 Å². The van der Waals surface area contributed by atoms with Gasteiger partial charge in [-0.2, -0.15) is 0 Å². The number of nitrogens with one attached hydrogen (secondary N) is 1. The average molecular weight is 284 g/mol. The van der Waals surface area contributed by atoms with Crippen LogP contribution < -0.4 is 5.32 Å². The van der Waals surface area contributed by atoms with Crippen molar-refractivity contribution in [2.24, 2.45) is 0 Å². The Morgan fingerprint density at radius 2 is 1.95 bits per heavy atom. The molecule has 0 bridgehead atoms. The lowest BCUT2D eigenvalue weighted by molar-refractivity contribution is -0.125. The van der Waals surface area contributed by atoms with Gasteiger partial charge in [0, 0.05) is 19.0 Å². The molecule has 0 atom stereocenters. The molecule has 0 saturated carbocycles. The van der Waals surface area contributed by atoms with E-state index in [1.807, 2.05) is 44.2 Å². The maximum Gasteiger partial charge on any atom is 0.230 e. The van der Waals surface area contributed by atoms with Crippen LogP contribution in [0.4, 0.5) is 0 Å². The fourth-order valence-electron chi connectivity index (χ4n) is 1.74. The smallest absolute Gasteiger partial charge is 0.230 e. The second-order valence-electron chi connectivity index (χ2n) is 4.90. The highest BCUT2D eigenvalue weighted by Crippen LogP contribution is 2.22. The lowest BCUT2D eigenvalue weighted by atomic mass is 9.84. The van der Waals surface area contributed by atoms with Gasteiger partial charge in [0.25, 0.3) is 0 Å². The van der Waals surface area contributed by atoms with Crippen molar-refractivity contribution in [3.8, 4) is 0 Å². The normalized spacial score (nSPS) is 11.3. The minimum absolute atomic E-state index is 0.0380. The second-order valence-corrected chi connectivity index (χ2v) is 5.28. The Bertz CT molecular complexity index is 379. The molecule has 0 fully saturated rings. The molecule has 19 heavy (non-hydrogen) atoms. The second kappa shape index (κ2) is 8.18. The van der Waals surface area contributed by atoms with Gasteiger partial charge in [-0.25, -0.2) is 0 Å². The zero-order valence-corrected chi connectivity index (χ0v) is 12.4. The molecular weight excluding hydrogens is 262 g/mol. The number of ether oxygens (including phenoxy) is 1. The molecule has 0 unspecified atom stereocenters. The molecule has 3 nitrogen and oxygen atoms in total. The number of carbonyl (C=O) groups is 1. The minimum atomic E-state index is -0.516. The fraction of sp³-hybridized carbons (Fsp3) is 0.533. The van der Waals surface area contributed by atoms with Crippen LogP contribution in [-0.4, -0.2) is 31.5 Å². The number of halogens is 1. The molecule has 0 spiro atoms. The van der Waals surface area contributed by atoms with Crippen molar-refractivity contribution < 1.29 is 9.53 Å². The molecule has 4 heteroatoms. The summed E-state index contributed by atoms with van der Waals surface area (Å²) in [6.07, 6.45) is 0.799. The number of benzene rings is 1. The van der Waals surface area contributed by atoms with E-state index in [2.05, 4.69) is 5.32 Å². The quantitative estimate of drug-likeness (QED) is 0.588. The Kier molecular flexibility index (Phi) is 6.89. The Labute approximate surface area is 120 Å². The van der Waals surface area contributed by atoms with E-state index in [1.165, 1.54) is 0 Å². The van der Waals surface area contributed by atoms with Gasteiger partial charge in [0.2, 0.25) is 5.91 Å². The first kappa shape index (κ1) is 16.0. The lowest BCUT2D eigenvalue weighted by Crippen LogP contribution is -2.40. The highest BCUT2D eigenvalue weighted by Gasteiger charge is 2.28. The Balaban J connectivity index is 2.36. The van der Waals surface area contributed by atoms with Crippen LogP contribution in [0.2, 0.25) is 0 Å². The van der Waals surface area contributed by atoms with E-state index < -0.39 is 5.41 Å². The van der Waals surface area contributed by atoms with Crippen molar-refractivity contribution in [2.75, 3.05) is 25.6 Å². The van der Waals surface area contributed by atoms with E-state index in [4.69, 9.17) is 16.3 Å². The molecule has 1 N–H and O–H groups in total. The van der Waals surface area contributed by atoms with Crippen molar-refractivity contribution in [2.45, 2.75) is 25.7 Å². The first-order valence-electron chi connectivity index (χ1n) is 6.56. The zero-order valence-electron chi connectivity index (χ0n) is 11.6. The van der Waals surface area contributed by atoms with E-state index in [-0.39, 0.29) is 5.91 Å². The van der Waals surface area contributed by atoms with Gasteiger partial charge in [-0.05, 0) is 25.8 Å². The van der Waals surface area contributed by atoms with Gasteiger partial charge in [0.1, 0.15) is 0 Å². The minimum Gasteiger partial charge on any atom is -0.380 e. The summed E-state index contributed by atoms with van der Waals surface area (Å²) in [5.41, 5.74) is 0.504. The summed E-state index contributed by atoms with van der Waals surface area (Å²) in [6.45, 7) is 5.67. The van der Waals surface area contributed by atoms with E-state index in [0.717, 1.165) is 12.0 Å². The predicted octanol–water partition coefficient (Wildman–Crippen LogP) is 2.73. The van der Waals surface area contributed by atoms with Crippen molar-refractivity contribution in [1.29, 1.82) is 0 Å². The van der Waals surface area contributed by atoms with Gasteiger partial charge in [0.15, 0.2) is 0 Å². The number of hydrogen-bond acceptors (Lipinski definition) is 2. The van der Waals surface area contributed by atoms with Gasteiger partial charge in [-0.1, -0.05) is 30.3 Å². The summed E-state index contributed by atoms with van der Waals surface area (Å²) in [4.78, 5) is 12.2. The Morgan fingerprint density at radius 3 is 2.58 bits per heavy atom. The van der Waals surface area contributed by atoms with Crippen molar-refractivity contribution in [1.82, 2.24) is 5.32 Å². The number of carbonyl (C=O) groups excluding carboxylic acids is 1. The molecule has 0 heterocycles. The summed E-state index contributed by atoms with van der Waals surface area (Å²) < 4.78 is 5.25. The molecule has 0 aliphatic rings. The Morgan fingerprint density at radius 1 is 1.26 bits per heavy atom. The maximum atomic E-state index is 12.2. The summed E-state index contributed by atoms with van der Waals surface area (Å²) in [6, 6.07) is 9.80. The van der Waals surface area contributed by atoms with Crippen LogP contribution in [0.5, 0.6) is 0 Å². The van der Waals surface area contributed by atoms with Crippen LogP contribution in [0.3, 0.4) is 0 Å². The standard InChI is InChI=1S/C15H22ClNO2/c1-15(2,13-7-4-3-5-8-13)14(18)17-10-6-11-19-12-9-16/h3-5,7-8H,6,9-12H2,1-2H3,(H,17,18). The van der Waals surface area contributed by atoms with Crippen LogP contribution in [-0.2, 0) is 14.9 Å². The summed E-state index contributed by atoms with van der Waals surface area (Å²) in [5.74, 6) is 0.545. The maximum absolute atomic E-state index is 12.2. The van der Waals surface area contributed by atoms with Crippen LogP contribution >= 0.6 is 11.6 Å². The molecule has 0 aromatic heterocycles. The first-order chi connectivity index (χ1) is 9.09. The van der Waals surface area contributed by atoms with Gasteiger partial charge in [-0.15, -0.1) is 11.6 Å². The van der Waals surface area contributed by atoms with Gasteiger partial charge >= 0.3 is 0 Å². The molecule has 0 radical (unpaired) electrons. The molecule has 1 amide bonds. The Hall–Kier alpha value is -1.06. The summed E-state index contributed by atoms with van der Waals surface area (Å²) in [7, 11) is 0. The van der Waals surface area contributed by atoms with Crippen LogP contribution in [0.15, 0.2) is 30.3 Å². The molecule has 1 aromatic rings. The van der Waals surface area contributed by atoms with Gasteiger partial charge in [-0.3, -0.25) is 4.79 Å². The molecule has 1 aromatic carbocycles. The molecule has 0 saturated heterocycles.